The standard InChI is InChI=1S/C22H22N2O3/c1-3-24(4-2)21(25)20(17-11-6-5-7-12-17)27-22(26)19-15-14-16-10-8-9-13-18(16)23-19/h5-15,20H,3-4H2,1-2H3/t20-/m0/s1. The van der Waals surface area contributed by atoms with Crippen LogP contribution < -0.4 is 0 Å². The van der Waals surface area contributed by atoms with Crippen LogP contribution in [0.3, 0.4) is 0 Å². The van der Waals surface area contributed by atoms with Gasteiger partial charge in [-0.1, -0.05) is 54.6 Å². The lowest BCUT2D eigenvalue weighted by molar-refractivity contribution is -0.140. The fourth-order valence-electron chi connectivity index (χ4n) is 2.94. The highest BCUT2D eigenvalue weighted by atomic mass is 16.5. The number of esters is 1. The molecule has 5 heteroatoms. The van der Waals surface area contributed by atoms with Crippen molar-refractivity contribution < 1.29 is 14.3 Å². The van der Waals surface area contributed by atoms with Crippen LogP contribution in [0.1, 0.15) is 36.0 Å². The number of carbonyl (C=O) groups is 2. The molecule has 0 aliphatic heterocycles. The first kappa shape index (κ1) is 18.6. The Hall–Kier alpha value is -3.21. The lowest BCUT2D eigenvalue weighted by Gasteiger charge is -2.25. The van der Waals surface area contributed by atoms with Gasteiger partial charge in [-0.15, -0.1) is 0 Å². The summed E-state index contributed by atoms with van der Waals surface area (Å²) in [5.74, 6) is -0.851. The number of amides is 1. The number of ether oxygens (including phenoxy) is 1. The number of rotatable bonds is 6. The lowest BCUT2D eigenvalue weighted by atomic mass is 10.1. The molecule has 0 fully saturated rings. The highest BCUT2D eigenvalue weighted by Crippen LogP contribution is 2.22. The average molecular weight is 362 g/mol. The van der Waals surface area contributed by atoms with E-state index >= 15 is 0 Å². The summed E-state index contributed by atoms with van der Waals surface area (Å²) in [6.45, 7) is 4.89. The van der Waals surface area contributed by atoms with Crippen molar-refractivity contribution in [2.24, 2.45) is 0 Å². The quantitative estimate of drug-likeness (QED) is 0.622. The third-order valence-electron chi connectivity index (χ3n) is 4.43. The van der Waals surface area contributed by atoms with Gasteiger partial charge in [0, 0.05) is 24.0 Å². The molecule has 3 aromatic rings. The zero-order valence-corrected chi connectivity index (χ0v) is 15.5. The number of pyridine rings is 1. The SMILES string of the molecule is CCN(CC)C(=O)[C@@H](OC(=O)c1ccc2ccccc2n1)c1ccccc1. The minimum absolute atomic E-state index is 0.182. The molecular formula is C22H22N2O3. The summed E-state index contributed by atoms with van der Waals surface area (Å²) in [7, 11) is 0. The molecule has 1 atom stereocenters. The maximum Gasteiger partial charge on any atom is 0.358 e. The number of fused-ring (bicyclic) bond motifs is 1. The van der Waals surface area contributed by atoms with Crippen LogP contribution in [-0.4, -0.2) is 34.8 Å². The van der Waals surface area contributed by atoms with Crippen LogP contribution in [0, 0.1) is 0 Å². The van der Waals surface area contributed by atoms with Gasteiger partial charge in [0.1, 0.15) is 5.69 Å². The Labute approximate surface area is 158 Å². The molecule has 3 rings (SSSR count). The van der Waals surface area contributed by atoms with Gasteiger partial charge in [-0.2, -0.15) is 0 Å². The Balaban J connectivity index is 1.90. The Morgan fingerprint density at radius 3 is 2.30 bits per heavy atom. The summed E-state index contributed by atoms with van der Waals surface area (Å²) in [5, 5.41) is 0.938. The second-order valence-corrected chi connectivity index (χ2v) is 6.10. The van der Waals surface area contributed by atoms with Gasteiger partial charge in [0.15, 0.2) is 0 Å². The average Bonchev–Trinajstić information content (AvgIpc) is 2.72. The number of hydrogen-bond acceptors (Lipinski definition) is 4. The Bertz CT molecular complexity index is 936. The van der Waals surface area contributed by atoms with Crippen molar-refractivity contribution in [2.75, 3.05) is 13.1 Å². The molecule has 1 heterocycles. The van der Waals surface area contributed by atoms with Crippen LogP contribution in [0.15, 0.2) is 66.7 Å². The van der Waals surface area contributed by atoms with Crippen LogP contribution in [0.5, 0.6) is 0 Å². The summed E-state index contributed by atoms with van der Waals surface area (Å²) in [6.07, 6.45) is -0.994. The van der Waals surface area contributed by atoms with Gasteiger partial charge >= 0.3 is 5.97 Å². The van der Waals surface area contributed by atoms with Crippen molar-refractivity contribution in [2.45, 2.75) is 20.0 Å². The lowest BCUT2D eigenvalue weighted by Crippen LogP contribution is -2.36. The van der Waals surface area contributed by atoms with Crippen LogP contribution >= 0.6 is 0 Å². The number of likely N-dealkylation sites (N-methyl/N-ethyl adjacent to an activating group) is 1. The molecule has 0 N–H and O–H groups in total. The molecule has 138 valence electrons. The van der Waals surface area contributed by atoms with Crippen molar-refractivity contribution in [3.8, 4) is 0 Å². The van der Waals surface area contributed by atoms with Gasteiger partial charge < -0.3 is 9.64 Å². The summed E-state index contributed by atoms with van der Waals surface area (Å²) in [5.41, 5.74) is 1.53. The van der Waals surface area contributed by atoms with E-state index < -0.39 is 12.1 Å². The molecule has 0 radical (unpaired) electrons. The highest BCUT2D eigenvalue weighted by Gasteiger charge is 2.29. The molecule has 0 saturated carbocycles. The summed E-state index contributed by atoms with van der Waals surface area (Å²) in [6, 6.07) is 20.0. The Morgan fingerprint density at radius 2 is 1.59 bits per heavy atom. The van der Waals surface area contributed by atoms with Crippen LogP contribution in [0.4, 0.5) is 0 Å². The van der Waals surface area contributed by atoms with Gasteiger partial charge in [0.05, 0.1) is 5.52 Å². The van der Waals surface area contributed by atoms with E-state index in [1.807, 2.05) is 62.4 Å². The van der Waals surface area contributed by atoms with Gasteiger partial charge in [0.25, 0.3) is 5.91 Å². The number of carbonyl (C=O) groups excluding carboxylic acids is 2. The summed E-state index contributed by atoms with van der Waals surface area (Å²) < 4.78 is 5.63. The minimum atomic E-state index is -0.994. The minimum Gasteiger partial charge on any atom is -0.443 e. The maximum atomic E-state index is 12.9. The maximum absolute atomic E-state index is 12.9. The molecular weight excluding hydrogens is 340 g/mol. The zero-order chi connectivity index (χ0) is 19.2. The van der Waals surface area contributed by atoms with E-state index in [0.717, 1.165) is 5.39 Å². The third kappa shape index (κ3) is 4.14. The fraction of sp³-hybridized carbons (Fsp3) is 0.227. The molecule has 1 amide bonds. The zero-order valence-electron chi connectivity index (χ0n) is 15.5. The van der Waals surface area contributed by atoms with Crippen molar-refractivity contribution in [1.29, 1.82) is 0 Å². The van der Waals surface area contributed by atoms with E-state index in [4.69, 9.17) is 4.74 Å². The molecule has 5 nitrogen and oxygen atoms in total. The number of aromatic nitrogens is 1. The second-order valence-electron chi connectivity index (χ2n) is 6.10. The van der Waals surface area contributed by atoms with Gasteiger partial charge in [-0.3, -0.25) is 4.79 Å². The molecule has 0 bridgehead atoms. The molecule has 0 aliphatic carbocycles. The summed E-state index contributed by atoms with van der Waals surface area (Å²) in [4.78, 5) is 31.7. The third-order valence-corrected chi connectivity index (χ3v) is 4.43. The van der Waals surface area contributed by atoms with E-state index in [0.29, 0.717) is 24.2 Å². The molecule has 0 aliphatic rings. The first-order valence-electron chi connectivity index (χ1n) is 9.04. The Morgan fingerprint density at radius 1 is 0.926 bits per heavy atom. The highest BCUT2D eigenvalue weighted by molar-refractivity contribution is 5.93. The second kappa shape index (κ2) is 8.45. The molecule has 0 unspecified atom stereocenters. The number of nitrogens with zero attached hydrogens (tertiary/aromatic N) is 2. The summed E-state index contributed by atoms with van der Waals surface area (Å²) >= 11 is 0. The topological polar surface area (TPSA) is 59.5 Å². The van der Waals surface area contributed by atoms with Crippen molar-refractivity contribution >= 4 is 22.8 Å². The smallest absolute Gasteiger partial charge is 0.358 e. The predicted octanol–water partition coefficient (Wildman–Crippen LogP) is 4.00. The molecule has 2 aromatic carbocycles. The van der Waals surface area contributed by atoms with E-state index in [1.165, 1.54) is 0 Å². The van der Waals surface area contributed by atoms with E-state index in [2.05, 4.69) is 4.98 Å². The van der Waals surface area contributed by atoms with Crippen molar-refractivity contribution in [3.05, 3.63) is 78.0 Å². The fourth-order valence-corrected chi connectivity index (χ4v) is 2.94. The number of hydrogen-bond donors (Lipinski definition) is 0. The van der Waals surface area contributed by atoms with E-state index in [9.17, 15) is 9.59 Å². The van der Waals surface area contributed by atoms with Gasteiger partial charge in [-0.25, -0.2) is 9.78 Å². The number of para-hydroxylation sites is 1. The first-order chi connectivity index (χ1) is 13.1. The molecule has 1 aromatic heterocycles. The molecule has 27 heavy (non-hydrogen) atoms. The normalized spacial score (nSPS) is 11.8. The van der Waals surface area contributed by atoms with E-state index in [-0.39, 0.29) is 11.6 Å². The van der Waals surface area contributed by atoms with Gasteiger partial charge in [0.2, 0.25) is 6.10 Å². The van der Waals surface area contributed by atoms with Crippen LogP contribution in [0.2, 0.25) is 0 Å². The van der Waals surface area contributed by atoms with E-state index in [1.54, 1.807) is 23.1 Å². The monoisotopic (exact) mass is 362 g/mol. The Kier molecular flexibility index (Phi) is 5.81. The molecule has 0 spiro atoms. The largest absolute Gasteiger partial charge is 0.443 e. The van der Waals surface area contributed by atoms with Crippen LogP contribution in [-0.2, 0) is 9.53 Å². The predicted molar refractivity (Wildman–Crippen MR) is 104 cm³/mol. The van der Waals surface area contributed by atoms with Crippen molar-refractivity contribution in [3.63, 3.8) is 0 Å². The number of benzene rings is 2. The van der Waals surface area contributed by atoms with Gasteiger partial charge in [-0.05, 0) is 26.0 Å². The molecule has 0 saturated heterocycles. The van der Waals surface area contributed by atoms with Crippen LogP contribution in [0.25, 0.3) is 10.9 Å². The van der Waals surface area contributed by atoms with Crippen molar-refractivity contribution in [1.82, 2.24) is 9.88 Å². The first-order valence-corrected chi connectivity index (χ1v) is 9.04.